The zero-order valence-corrected chi connectivity index (χ0v) is 12.0. The normalized spacial score (nSPS) is 12.3. The van der Waals surface area contributed by atoms with Gasteiger partial charge in [0, 0.05) is 30.4 Å². The average Bonchev–Trinajstić information content (AvgIpc) is 3.01. The van der Waals surface area contributed by atoms with Gasteiger partial charge >= 0.3 is 0 Å². The second-order valence-electron chi connectivity index (χ2n) is 4.96. The van der Waals surface area contributed by atoms with Crippen molar-refractivity contribution in [3.8, 4) is 11.3 Å². The molecule has 2 heterocycles. The highest BCUT2D eigenvalue weighted by Crippen LogP contribution is 2.29. The van der Waals surface area contributed by atoms with Crippen molar-refractivity contribution in [2.24, 2.45) is 0 Å². The molecule has 0 saturated heterocycles. The summed E-state index contributed by atoms with van der Waals surface area (Å²) in [6, 6.07) is 6.13. The van der Waals surface area contributed by atoms with E-state index in [1.54, 1.807) is 36.3 Å². The third kappa shape index (κ3) is 2.87. The maximum Gasteiger partial charge on any atom is 0.123 e. The Kier molecular flexibility index (Phi) is 3.93. The van der Waals surface area contributed by atoms with E-state index in [9.17, 15) is 9.50 Å². The molecule has 0 radical (unpaired) electrons. The summed E-state index contributed by atoms with van der Waals surface area (Å²) in [5.41, 5.74) is 2.49. The Morgan fingerprint density at radius 2 is 2.05 bits per heavy atom. The zero-order valence-electron chi connectivity index (χ0n) is 12.0. The molecule has 2 aromatic heterocycles. The molecule has 0 saturated carbocycles. The van der Waals surface area contributed by atoms with Gasteiger partial charge in [-0.15, -0.1) is 0 Å². The van der Waals surface area contributed by atoms with Crippen molar-refractivity contribution < 1.29 is 9.50 Å². The highest BCUT2D eigenvalue weighted by molar-refractivity contribution is 5.66. The van der Waals surface area contributed by atoms with E-state index in [4.69, 9.17) is 0 Å². The van der Waals surface area contributed by atoms with Gasteiger partial charge in [-0.2, -0.15) is 5.10 Å². The van der Waals surface area contributed by atoms with Crippen LogP contribution in [0.2, 0.25) is 0 Å². The Balaban J connectivity index is 2.09. The molecule has 0 amide bonds. The lowest BCUT2D eigenvalue weighted by atomic mass is 9.99. The third-order valence-corrected chi connectivity index (χ3v) is 3.36. The summed E-state index contributed by atoms with van der Waals surface area (Å²) >= 11 is 0. The van der Waals surface area contributed by atoms with Gasteiger partial charge in [-0.25, -0.2) is 4.39 Å². The van der Waals surface area contributed by atoms with E-state index in [0.717, 1.165) is 0 Å². The maximum absolute atomic E-state index is 13.5. The Hall–Kier alpha value is -2.60. The number of nitrogens with zero attached hydrogens (tertiary/aromatic N) is 4. The molecule has 1 N–H and O–H groups in total. The molecule has 6 heteroatoms. The first-order valence-electron chi connectivity index (χ1n) is 6.90. The van der Waals surface area contributed by atoms with Crippen LogP contribution in [0.5, 0.6) is 0 Å². The summed E-state index contributed by atoms with van der Waals surface area (Å²) in [5, 5.41) is 14.1. The van der Waals surface area contributed by atoms with E-state index >= 15 is 0 Å². The molecule has 1 unspecified atom stereocenters. The van der Waals surface area contributed by atoms with Crippen molar-refractivity contribution in [3.63, 3.8) is 0 Å². The fourth-order valence-electron chi connectivity index (χ4n) is 2.35. The second kappa shape index (κ2) is 6.03. The number of hydrogen-bond donors (Lipinski definition) is 1. The molecule has 1 atom stereocenters. The second-order valence-corrected chi connectivity index (χ2v) is 4.96. The van der Waals surface area contributed by atoms with Crippen LogP contribution in [0, 0.1) is 5.82 Å². The molecule has 0 aliphatic heterocycles. The van der Waals surface area contributed by atoms with E-state index in [0.29, 0.717) is 29.1 Å². The first-order valence-corrected chi connectivity index (χ1v) is 6.90. The van der Waals surface area contributed by atoms with Crippen molar-refractivity contribution in [2.75, 3.05) is 0 Å². The monoisotopic (exact) mass is 298 g/mol. The van der Waals surface area contributed by atoms with Crippen molar-refractivity contribution in [1.29, 1.82) is 0 Å². The van der Waals surface area contributed by atoms with Crippen LogP contribution >= 0.6 is 0 Å². The van der Waals surface area contributed by atoms with Crippen LogP contribution in [0.4, 0.5) is 4.39 Å². The molecular formula is C16H15FN4O. The lowest BCUT2D eigenvalue weighted by Crippen LogP contribution is -2.07. The number of aliphatic hydroxyl groups is 1. The molecule has 0 aliphatic rings. The van der Waals surface area contributed by atoms with Gasteiger partial charge < -0.3 is 5.11 Å². The van der Waals surface area contributed by atoms with E-state index in [1.165, 1.54) is 12.1 Å². The SMILES string of the molecule is CC(O)c1cc(F)ccc1-c1nccnc1Cn1cccn1. The molecule has 1 aromatic carbocycles. The number of halogens is 1. The van der Waals surface area contributed by atoms with Crippen molar-refractivity contribution in [3.05, 3.63) is 66.1 Å². The molecule has 0 fully saturated rings. The summed E-state index contributed by atoms with van der Waals surface area (Å²) in [4.78, 5) is 8.72. The number of benzene rings is 1. The fourth-order valence-corrected chi connectivity index (χ4v) is 2.35. The third-order valence-electron chi connectivity index (χ3n) is 3.36. The molecule has 0 spiro atoms. The summed E-state index contributed by atoms with van der Waals surface area (Å²) in [6.07, 6.45) is 5.91. The highest BCUT2D eigenvalue weighted by Gasteiger charge is 2.16. The molecule has 0 bridgehead atoms. The van der Waals surface area contributed by atoms with Crippen molar-refractivity contribution >= 4 is 0 Å². The van der Waals surface area contributed by atoms with Gasteiger partial charge in [0.25, 0.3) is 0 Å². The van der Waals surface area contributed by atoms with Crippen molar-refractivity contribution in [1.82, 2.24) is 19.7 Å². The van der Waals surface area contributed by atoms with Gasteiger partial charge in [-0.05, 0) is 36.8 Å². The Morgan fingerprint density at radius 1 is 1.23 bits per heavy atom. The molecule has 3 aromatic rings. The first kappa shape index (κ1) is 14.3. The van der Waals surface area contributed by atoms with E-state index in [-0.39, 0.29) is 0 Å². The van der Waals surface area contributed by atoms with E-state index in [1.807, 2.05) is 12.3 Å². The number of aliphatic hydroxyl groups excluding tert-OH is 1. The molecule has 0 aliphatic carbocycles. The minimum absolute atomic E-state index is 0.392. The number of hydrogen-bond acceptors (Lipinski definition) is 4. The van der Waals surface area contributed by atoms with Gasteiger partial charge in [-0.3, -0.25) is 14.6 Å². The zero-order chi connectivity index (χ0) is 15.5. The lowest BCUT2D eigenvalue weighted by Gasteiger charge is -2.14. The van der Waals surface area contributed by atoms with Gasteiger partial charge in [0.05, 0.1) is 24.0 Å². The topological polar surface area (TPSA) is 63.8 Å². The Morgan fingerprint density at radius 3 is 2.77 bits per heavy atom. The van der Waals surface area contributed by atoms with Crippen LogP contribution in [0.15, 0.2) is 49.1 Å². The van der Waals surface area contributed by atoms with Crippen LogP contribution in [0.3, 0.4) is 0 Å². The van der Waals surface area contributed by atoms with Crippen LogP contribution in [-0.2, 0) is 6.54 Å². The van der Waals surface area contributed by atoms with Crippen LogP contribution in [0.25, 0.3) is 11.3 Å². The fraction of sp³-hybridized carbons (Fsp3) is 0.188. The standard InChI is InChI=1S/C16H15FN4O/c1-11(22)14-9-12(17)3-4-13(14)16-15(18-6-7-19-16)10-21-8-2-5-20-21/h2-9,11,22H,10H2,1H3. The quantitative estimate of drug-likeness (QED) is 0.804. The van der Waals surface area contributed by atoms with Crippen LogP contribution in [0.1, 0.15) is 24.3 Å². The maximum atomic E-state index is 13.5. The van der Waals surface area contributed by atoms with Gasteiger partial charge in [0.15, 0.2) is 0 Å². The molecule has 3 rings (SSSR count). The minimum Gasteiger partial charge on any atom is -0.389 e. The minimum atomic E-state index is -0.801. The molecule has 22 heavy (non-hydrogen) atoms. The lowest BCUT2D eigenvalue weighted by molar-refractivity contribution is 0.199. The summed E-state index contributed by atoms with van der Waals surface area (Å²) in [7, 11) is 0. The smallest absolute Gasteiger partial charge is 0.123 e. The van der Waals surface area contributed by atoms with Crippen LogP contribution in [-0.4, -0.2) is 24.9 Å². The number of rotatable bonds is 4. The Labute approximate surface area is 127 Å². The van der Waals surface area contributed by atoms with E-state index < -0.39 is 11.9 Å². The predicted octanol–water partition coefficient (Wildman–Crippen LogP) is 2.58. The van der Waals surface area contributed by atoms with Gasteiger partial charge in [0.1, 0.15) is 5.82 Å². The van der Waals surface area contributed by atoms with Gasteiger partial charge in [-0.1, -0.05) is 0 Å². The average molecular weight is 298 g/mol. The predicted molar refractivity (Wildman–Crippen MR) is 79.4 cm³/mol. The van der Waals surface area contributed by atoms with Crippen molar-refractivity contribution in [2.45, 2.75) is 19.6 Å². The van der Waals surface area contributed by atoms with Gasteiger partial charge in [0.2, 0.25) is 0 Å². The summed E-state index contributed by atoms with van der Waals surface area (Å²) < 4.78 is 15.2. The molecular weight excluding hydrogens is 283 g/mol. The number of aromatic nitrogens is 4. The van der Waals surface area contributed by atoms with E-state index in [2.05, 4.69) is 15.1 Å². The summed E-state index contributed by atoms with van der Waals surface area (Å²) in [6.45, 7) is 2.05. The molecule has 112 valence electrons. The largest absolute Gasteiger partial charge is 0.389 e. The first-order chi connectivity index (χ1) is 10.6. The summed E-state index contributed by atoms with van der Waals surface area (Å²) in [5.74, 6) is -0.392. The Bertz CT molecular complexity index is 772. The molecule has 5 nitrogen and oxygen atoms in total. The highest BCUT2D eigenvalue weighted by atomic mass is 19.1. The van der Waals surface area contributed by atoms with Crippen LogP contribution < -0.4 is 0 Å².